The van der Waals surface area contributed by atoms with E-state index in [1.54, 1.807) is 0 Å². The molecule has 0 radical (unpaired) electrons. The van der Waals surface area contributed by atoms with Gasteiger partial charge in [-0.2, -0.15) is 5.21 Å². The fourth-order valence-corrected chi connectivity index (χ4v) is 4.40. The molecule has 3 saturated carbocycles. The number of nitrogens with one attached hydrogen (secondary N) is 2. The highest BCUT2D eigenvalue weighted by Gasteiger charge is 2.67. The van der Waals surface area contributed by atoms with Crippen LogP contribution in [0.25, 0.3) is 0 Å². The number of nitrogens with zero attached hydrogens (tertiary/aromatic N) is 3. The zero-order chi connectivity index (χ0) is 12.3. The third kappa shape index (κ3) is 1.34. The summed E-state index contributed by atoms with van der Waals surface area (Å²) < 4.78 is 0. The highest BCUT2D eigenvalue weighted by molar-refractivity contribution is 5.83. The molecule has 6 heteroatoms. The van der Waals surface area contributed by atoms with E-state index in [0.717, 1.165) is 11.8 Å². The van der Waals surface area contributed by atoms with Crippen molar-refractivity contribution < 1.29 is 4.79 Å². The Labute approximate surface area is 105 Å². The van der Waals surface area contributed by atoms with E-state index in [2.05, 4.69) is 25.9 Å². The van der Waals surface area contributed by atoms with Crippen molar-refractivity contribution in [3.05, 3.63) is 5.82 Å². The van der Waals surface area contributed by atoms with Gasteiger partial charge < -0.3 is 5.32 Å². The predicted octanol–water partition coefficient (Wildman–Crippen LogP) is 0.669. The lowest BCUT2D eigenvalue weighted by atomic mass is 10.0. The van der Waals surface area contributed by atoms with Gasteiger partial charge in [0.05, 0.1) is 6.04 Å². The van der Waals surface area contributed by atoms with Gasteiger partial charge in [-0.3, -0.25) is 4.79 Å². The number of carbonyl (C=O) groups is 1. The number of hydrogen-bond acceptors (Lipinski definition) is 4. The van der Waals surface area contributed by atoms with Crippen molar-refractivity contribution >= 4 is 5.91 Å². The molecule has 1 aromatic rings. The number of aromatic nitrogens is 4. The quantitative estimate of drug-likeness (QED) is 0.822. The Hall–Kier alpha value is -1.46. The van der Waals surface area contributed by atoms with Crippen molar-refractivity contribution in [3.8, 4) is 0 Å². The Morgan fingerprint density at radius 1 is 1.39 bits per heavy atom. The summed E-state index contributed by atoms with van der Waals surface area (Å²) in [6.45, 7) is 1.90. The molecule has 0 aromatic carbocycles. The topological polar surface area (TPSA) is 83.6 Å². The molecule has 1 aromatic heterocycles. The summed E-state index contributed by atoms with van der Waals surface area (Å²) >= 11 is 0. The van der Waals surface area contributed by atoms with E-state index in [1.807, 2.05) is 6.92 Å². The molecule has 96 valence electrons. The Balaban J connectivity index is 1.41. The average molecular weight is 247 g/mol. The van der Waals surface area contributed by atoms with E-state index in [4.69, 9.17) is 0 Å². The third-order valence-electron chi connectivity index (χ3n) is 5.15. The van der Waals surface area contributed by atoms with Crippen LogP contribution in [0, 0.1) is 29.6 Å². The Bertz CT molecular complexity index is 457. The zero-order valence-corrected chi connectivity index (χ0v) is 10.3. The molecule has 5 atom stereocenters. The van der Waals surface area contributed by atoms with Crippen LogP contribution in [0.15, 0.2) is 0 Å². The number of hydrogen-bond donors (Lipinski definition) is 2. The van der Waals surface area contributed by atoms with Crippen LogP contribution < -0.4 is 5.32 Å². The summed E-state index contributed by atoms with van der Waals surface area (Å²) in [7, 11) is 0. The lowest BCUT2D eigenvalue weighted by molar-refractivity contribution is -0.124. The Morgan fingerprint density at radius 2 is 2.11 bits per heavy atom. The third-order valence-corrected chi connectivity index (χ3v) is 5.15. The summed E-state index contributed by atoms with van der Waals surface area (Å²) in [6, 6.07) is -0.157. The molecule has 3 aliphatic rings. The van der Waals surface area contributed by atoms with E-state index >= 15 is 0 Å². The van der Waals surface area contributed by atoms with Gasteiger partial charge in [-0.1, -0.05) is 5.21 Å². The fraction of sp³-hybridized carbons (Fsp3) is 0.833. The molecule has 0 spiro atoms. The van der Waals surface area contributed by atoms with Crippen LogP contribution in [0.4, 0.5) is 0 Å². The number of rotatable bonds is 3. The fourth-order valence-electron chi connectivity index (χ4n) is 4.40. The maximum atomic E-state index is 12.2. The molecular formula is C12H17N5O. The summed E-state index contributed by atoms with van der Waals surface area (Å²) in [4.78, 5) is 12.2. The van der Waals surface area contributed by atoms with Crippen LogP contribution in [0.5, 0.6) is 0 Å². The molecule has 6 nitrogen and oxygen atoms in total. The van der Waals surface area contributed by atoms with Crippen molar-refractivity contribution in [2.75, 3.05) is 0 Å². The van der Waals surface area contributed by atoms with E-state index in [1.165, 1.54) is 19.3 Å². The normalized spacial score (nSPS) is 41.5. The zero-order valence-electron chi connectivity index (χ0n) is 10.3. The van der Waals surface area contributed by atoms with Gasteiger partial charge in [0.25, 0.3) is 0 Å². The van der Waals surface area contributed by atoms with Crippen molar-refractivity contribution in [1.82, 2.24) is 25.9 Å². The van der Waals surface area contributed by atoms with Gasteiger partial charge in [-0.05, 0) is 49.9 Å². The van der Waals surface area contributed by atoms with Crippen LogP contribution in [-0.4, -0.2) is 26.5 Å². The molecule has 3 aliphatic carbocycles. The number of amides is 1. The first-order valence-corrected chi connectivity index (χ1v) is 6.79. The lowest BCUT2D eigenvalue weighted by Gasteiger charge is -2.12. The van der Waals surface area contributed by atoms with Gasteiger partial charge in [-0.25, -0.2) is 0 Å². The molecule has 0 aliphatic heterocycles. The standard InChI is InChI=1S/C12H17N5O/c1-5(11-14-16-17-15-11)13-12(18)10-8-6-2-3-7(4-6)9(8)10/h5-10H,2-4H2,1H3,(H,13,18)(H,14,15,16,17). The largest absolute Gasteiger partial charge is 0.346 e. The van der Waals surface area contributed by atoms with Gasteiger partial charge in [-0.15, -0.1) is 10.2 Å². The van der Waals surface area contributed by atoms with Crippen LogP contribution in [0.2, 0.25) is 0 Å². The second-order valence-electron chi connectivity index (χ2n) is 6.01. The number of aromatic amines is 1. The summed E-state index contributed by atoms with van der Waals surface area (Å²) in [5, 5.41) is 16.7. The molecule has 1 heterocycles. The van der Waals surface area contributed by atoms with Crippen LogP contribution in [0.3, 0.4) is 0 Å². The minimum atomic E-state index is -0.157. The van der Waals surface area contributed by atoms with Gasteiger partial charge in [0.2, 0.25) is 5.91 Å². The first-order chi connectivity index (χ1) is 8.75. The molecule has 0 saturated heterocycles. The van der Waals surface area contributed by atoms with Gasteiger partial charge >= 0.3 is 0 Å². The summed E-state index contributed by atoms with van der Waals surface area (Å²) in [5.74, 6) is 4.04. The number of carbonyl (C=O) groups excluding carboxylic acids is 1. The molecule has 4 rings (SSSR count). The van der Waals surface area contributed by atoms with Crippen LogP contribution >= 0.6 is 0 Å². The van der Waals surface area contributed by atoms with Crippen molar-refractivity contribution in [3.63, 3.8) is 0 Å². The van der Waals surface area contributed by atoms with Crippen LogP contribution in [-0.2, 0) is 4.79 Å². The minimum absolute atomic E-state index is 0.157. The van der Waals surface area contributed by atoms with Gasteiger partial charge in [0.15, 0.2) is 5.82 Å². The highest BCUT2D eigenvalue weighted by Crippen LogP contribution is 2.69. The Kier molecular flexibility index (Phi) is 2.05. The van der Waals surface area contributed by atoms with Crippen molar-refractivity contribution in [1.29, 1.82) is 0 Å². The number of fused-ring (bicyclic) bond motifs is 5. The molecule has 3 fully saturated rings. The number of tetrazole rings is 1. The monoisotopic (exact) mass is 247 g/mol. The van der Waals surface area contributed by atoms with E-state index in [-0.39, 0.29) is 17.9 Å². The maximum Gasteiger partial charge on any atom is 0.224 e. The lowest BCUT2D eigenvalue weighted by Crippen LogP contribution is -2.30. The van der Waals surface area contributed by atoms with Crippen molar-refractivity contribution in [2.45, 2.75) is 32.2 Å². The highest BCUT2D eigenvalue weighted by atomic mass is 16.2. The second-order valence-corrected chi connectivity index (χ2v) is 6.01. The molecule has 18 heavy (non-hydrogen) atoms. The maximum absolute atomic E-state index is 12.2. The first-order valence-electron chi connectivity index (χ1n) is 6.79. The number of H-pyrrole nitrogens is 1. The SMILES string of the molecule is CC(NC(=O)C1C2C3CCC(C3)C12)c1nn[nH]n1. The predicted molar refractivity (Wildman–Crippen MR) is 62.0 cm³/mol. The smallest absolute Gasteiger partial charge is 0.224 e. The molecular weight excluding hydrogens is 230 g/mol. The molecule has 2 bridgehead atoms. The van der Waals surface area contributed by atoms with Gasteiger partial charge in [0.1, 0.15) is 0 Å². The van der Waals surface area contributed by atoms with E-state index in [9.17, 15) is 4.79 Å². The van der Waals surface area contributed by atoms with E-state index in [0.29, 0.717) is 17.7 Å². The second kappa shape index (κ2) is 3.52. The van der Waals surface area contributed by atoms with E-state index < -0.39 is 0 Å². The first kappa shape index (κ1) is 10.5. The summed E-state index contributed by atoms with van der Waals surface area (Å²) in [6.07, 6.45) is 4.06. The van der Waals surface area contributed by atoms with Gasteiger partial charge in [0, 0.05) is 5.92 Å². The Morgan fingerprint density at radius 3 is 2.72 bits per heavy atom. The summed E-state index contributed by atoms with van der Waals surface area (Å²) in [5.41, 5.74) is 0. The molecule has 5 unspecified atom stereocenters. The minimum Gasteiger partial charge on any atom is -0.346 e. The van der Waals surface area contributed by atoms with Crippen LogP contribution in [0.1, 0.15) is 38.1 Å². The van der Waals surface area contributed by atoms with Crippen molar-refractivity contribution in [2.24, 2.45) is 29.6 Å². The molecule has 1 amide bonds. The average Bonchev–Trinajstić information content (AvgIpc) is 2.82. The molecule has 2 N–H and O–H groups in total.